The van der Waals surface area contributed by atoms with Crippen molar-refractivity contribution in [3.63, 3.8) is 0 Å². The molecule has 1 fully saturated rings. The normalized spacial score (nSPS) is 17.4. The average molecular weight is 365 g/mol. The predicted octanol–water partition coefficient (Wildman–Crippen LogP) is 3.99. The van der Waals surface area contributed by atoms with Crippen molar-refractivity contribution in [3.05, 3.63) is 82.0 Å². The zero-order chi connectivity index (χ0) is 18.8. The number of likely N-dealkylation sites (tertiary alicyclic amines) is 1. The number of Topliss-reactive ketones (excluding diaryl/α,β-unsaturated/α-hetero) is 1. The lowest BCUT2D eigenvalue weighted by Gasteiger charge is -2.16. The summed E-state index contributed by atoms with van der Waals surface area (Å²) in [4.78, 5) is 26.5. The first-order chi connectivity index (χ1) is 13.1. The molecule has 2 aromatic carbocycles. The molecule has 1 aliphatic rings. The van der Waals surface area contributed by atoms with Crippen molar-refractivity contribution < 1.29 is 13.6 Å². The molecule has 0 spiro atoms. The van der Waals surface area contributed by atoms with Crippen LogP contribution in [0.4, 0.5) is 4.39 Å². The minimum atomic E-state index is -0.155. The van der Waals surface area contributed by atoms with Crippen LogP contribution in [-0.2, 0) is 0 Å². The lowest BCUT2D eigenvalue weighted by Crippen LogP contribution is -2.23. The average Bonchev–Trinajstić information content (AvgIpc) is 3.15. The van der Waals surface area contributed by atoms with E-state index in [4.69, 9.17) is 4.42 Å². The van der Waals surface area contributed by atoms with Crippen LogP contribution in [0.3, 0.4) is 0 Å². The molecule has 0 bridgehead atoms. The number of benzene rings is 2. The van der Waals surface area contributed by atoms with Gasteiger partial charge in [0.15, 0.2) is 11.2 Å². The molecule has 2 heterocycles. The number of nitrogens with zero attached hydrogens (tertiary/aromatic N) is 1. The molecule has 0 amide bonds. The van der Waals surface area contributed by atoms with Crippen molar-refractivity contribution >= 4 is 16.8 Å². The van der Waals surface area contributed by atoms with Crippen molar-refractivity contribution in [1.82, 2.24) is 4.90 Å². The summed E-state index contributed by atoms with van der Waals surface area (Å²) in [6, 6.07) is 13.2. The van der Waals surface area contributed by atoms with E-state index in [2.05, 4.69) is 4.90 Å². The zero-order valence-corrected chi connectivity index (χ0v) is 14.9. The Bertz CT molecular complexity index is 1040. The van der Waals surface area contributed by atoms with Gasteiger partial charge in [-0.05, 0) is 36.7 Å². The minimum Gasteiger partial charge on any atom is -0.464 e. The SMILES string of the molecule is O=C(CCN1CCC(c2ccccc2F)C1)c1ccc2c(=O)ccoc2c1. The Morgan fingerprint density at radius 2 is 2.04 bits per heavy atom. The summed E-state index contributed by atoms with van der Waals surface area (Å²) in [5.41, 5.74) is 1.61. The Hall–Kier alpha value is -2.79. The number of ketones is 1. The Kier molecular flexibility index (Phi) is 4.86. The van der Waals surface area contributed by atoms with E-state index >= 15 is 0 Å². The third-order valence-corrected chi connectivity index (χ3v) is 5.26. The Labute approximate surface area is 156 Å². The fourth-order valence-electron chi connectivity index (χ4n) is 3.76. The molecular weight excluding hydrogens is 345 g/mol. The summed E-state index contributed by atoms with van der Waals surface area (Å²) in [5, 5.41) is 0.473. The summed E-state index contributed by atoms with van der Waals surface area (Å²) in [6.45, 7) is 2.26. The molecule has 0 N–H and O–H groups in total. The van der Waals surface area contributed by atoms with Crippen molar-refractivity contribution in [2.24, 2.45) is 0 Å². The molecule has 5 heteroatoms. The summed E-state index contributed by atoms with van der Waals surface area (Å²) in [7, 11) is 0. The Morgan fingerprint density at radius 1 is 1.19 bits per heavy atom. The molecule has 0 aliphatic carbocycles. The second-order valence-electron chi connectivity index (χ2n) is 6.98. The van der Waals surface area contributed by atoms with Crippen LogP contribution in [0.15, 0.2) is 64.0 Å². The van der Waals surface area contributed by atoms with Crippen molar-refractivity contribution in [2.75, 3.05) is 19.6 Å². The number of halogens is 1. The van der Waals surface area contributed by atoms with Gasteiger partial charge in [0.05, 0.1) is 11.6 Å². The smallest absolute Gasteiger partial charge is 0.192 e. The second kappa shape index (κ2) is 7.45. The third kappa shape index (κ3) is 3.69. The predicted molar refractivity (Wildman–Crippen MR) is 102 cm³/mol. The van der Waals surface area contributed by atoms with Crippen LogP contribution in [0.2, 0.25) is 0 Å². The largest absolute Gasteiger partial charge is 0.464 e. The van der Waals surface area contributed by atoms with Gasteiger partial charge in [0.2, 0.25) is 0 Å². The van der Waals surface area contributed by atoms with E-state index < -0.39 is 0 Å². The minimum absolute atomic E-state index is 0.0118. The number of hydrogen-bond donors (Lipinski definition) is 0. The van der Waals surface area contributed by atoms with Crippen LogP contribution in [0, 0.1) is 5.82 Å². The van der Waals surface area contributed by atoms with Gasteiger partial charge in [0.1, 0.15) is 11.4 Å². The monoisotopic (exact) mass is 365 g/mol. The summed E-state index contributed by atoms with van der Waals surface area (Å²) >= 11 is 0. The highest BCUT2D eigenvalue weighted by Crippen LogP contribution is 2.29. The maximum atomic E-state index is 14.0. The topological polar surface area (TPSA) is 50.5 Å². The summed E-state index contributed by atoms with van der Waals surface area (Å²) < 4.78 is 19.3. The van der Waals surface area contributed by atoms with Gasteiger partial charge in [-0.1, -0.05) is 24.3 Å². The fourth-order valence-corrected chi connectivity index (χ4v) is 3.76. The molecule has 4 nitrogen and oxygen atoms in total. The van der Waals surface area contributed by atoms with Gasteiger partial charge >= 0.3 is 0 Å². The zero-order valence-electron chi connectivity index (χ0n) is 14.9. The summed E-state index contributed by atoms with van der Waals surface area (Å²) in [5.74, 6) is 0.0343. The van der Waals surface area contributed by atoms with E-state index in [0.717, 1.165) is 25.1 Å². The van der Waals surface area contributed by atoms with Crippen LogP contribution in [0.5, 0.6) is 0 Å². The molecule has 138 valence electrons. The maximum Gasteiger partial charge on any atom is 0.192 e. The molecule has 1 aliphatic heterocycles. The van der Waals surface area contributed by atoms with Crippen LogP contribution in [-0.4, -0.2) is 30.3 Å². The molecule has 3 aromatic rings. The molecule has 1 saturated heterocycles. The van der Waals surface area contributed by atoms with Crippen molar-refractivity contribution in [1.29, 1.82) is 0 Å². The van der Waals surface area contributed by atoms with Gasteiger partial charge in [0, 0.05) is 37.1 Å². The molecule has 27 heavy (non-hydrogen) atoms. The lowest BCUT2D eigenvalue weighted by molar-refractivity contribution is 0.0968. The molecule has 4 rings (SSSR count). The van der Waals surface area contributed by atoms with E-state index in [1.165, 1.54) is 18.4 Å². The summed E-state index contributed by atoms with van der Waals surface area (Å²) in [6.07, 6.45) is 2.62. The fraction of sp³-hybridized carbons (Fsp3) is 0.273. The highest BCUT2D eigenvalue weighted by molar-refractivity contribution is 5.99. The molecule has 0 saturated carbocycles. The number of carbonyl (C=O) groups is 1. The van der Waals surface area contributed by atoms with Crippen molar-refractivity contribution in [2.45, 2.75) is 18.8 Å². The maximum absolute atomic E-state index is 14.0. The quantitative estimate of drug-likeness (QED) is 0.642. The number of fused-ring (bicyclic) bond motifs is 1. The van der Waals surface area contributed by atoms with Crippen LogP contribution >= 0.6 is 0 Å². The van der Waals surface area contributed by atoms with Gasteiger partial charge in [0.25, 0.3) is 0 Å². The van der Waals surface area contributed by atoms with E-state index in [1.807, 2.05) is 12.1 Å². The van der Waals surface area contributed by atoms with E-state index in [0.29, 0.717) is 29.5 Å². The van der Waals surface area contributed by atoms with Crippen LogP contribution < -0.4 is 5.43 Å². The molecule has 0 radical (unpaired) electrons. The third-order valence-electron chi connectivity index (χ3n) is 5.26. The Morgan fingerprint density at radius 3 is 2.89 bits per heavy atom. The second-order valence-corrected chi connectivity index (χ2v) is 6.98. The van der Waals surface area contributed by atoms with Gasteiger partial charge in [-0.2, -0.15) is 0 Å². The Balaban J connectivity index is 1.39. The van der Waals surface area contributed by atoms with Gasteiger partial charge in [-0.15, -0.1) is 0 Å². The van der Waals surface area contributed by atoms with Crippen molar-refractivity contribution in [3.8, 4) is 0 Å². The molecule has 1 unspecified atom stereocenters. The van der Waals surface area contributed by atoms with Crippen LogP contribution in [0.1, 0.15) is 34.7 Å². The highest BCUT2D eigenvalue weighted by Gasteiger charge is 2.26. The number of rotatable bonds is 5. The lowest BCUT2D eigenvalue weighted by atomic mass is 9.98. The van der Waals surface area contributed by atoms with E-state index in [9.17, 15) is 14.0 Å². The van der Waals surface area contributed by atoms with E-state index in [1.54, 1.807) is 24.3 Å². The van der Waals surface area contributed by atoms with Gasteiger partial charge < -0.3 is 9.32 Å². The molecule has 1 aromatic heterocycles. The van der Waals surface area contributed by atoms with Crippen LogP contribution in [0.25, 0.3) is 11.0 Å². The number of hydrogen-bond acceptors (Lipinski definition) is 4. The van der Waals surface area contributed by atoms with Gasteiger partial charge in [-0.25, -0.2) is 4.39 Å². The first-order valence-corrected chi connectivity index (χ1v) is 9.13. The molecular formula is C22H20FNO3. The first kappa shape index (κ1) is 17.6. The first-order valence-electron chi connectivity index (χ1n) is 9.13. The highest BCUT2D eigenvalue weighted by atomic mass is 19.1. The standard InChI is InChI=1S/C22H20FNO3/c23-19-4-2-1-3-17(19)16-7-10-24(14-16)11-8-20(25)15-5-6-18-21(26)9-12-27-22(18)13-15/h1-6,9,12-13,16H,7-8,10-11,14H2. The molecule has 1 atom stereocenters. The number of carbonyl (C=O) groups excluding carboxylic acids is 1. The van der Waals surface area contributed by atoms with Gasteiger partial charge in [-0.3, -0.25) is 9.59 Å². The van der Waals surface area contributed by atoms with E-state index in [-0.39, 0.29) is 22.9 Å².